The number of halogens is 1. The fraction of sp³-hybridized carbons (Fsp3) is 0.667. The van der Waals surface area contributed by atoms with Crippen molar-refractivity contribution in [1.29, 1.82) is 0 Å². The molecule has 0 bridgehead atoms. The van der Waals surface area contributed by atoms with E-state index in [2.05, 4.69) is 45.9 Å². The molecule has 16 heavy (non-hydrogen) atoms. The van der Waals surface area contributed by atoms with E-state index in [-0.39, 0.29) is 0 Å². The maximum atomic E-state index is 5.68. The lowest BCUT2D eigenvalue weighted by molar-refractivity contribution is 0.117. The normalized spacial score (nSPS) is 27.2. The topological polar surface area (TPSA) is 21.3 Å². The molecule has 1 N–H and O–H groups in total. The van der Waals surface area contributed by atoms with E-state index in [9.17, 15) is 0 Å². The van der Waals surface area contributed by atoms with Gasteiger partial charge in [0.2, 0.25) is 0 Å². The Balaban J connectivity index is 2.14. The average molecular weight is 304 g/mol. The summed E-state index contributed by atoms with van der Waals surface area (Å²) < 4.78 is 6.90. The lowest BCUT2D eigenvalue weighted by Gasteiger charge is -2.23. The van der Waals surface area contributed by atoms with Crippen LogP contribution in [0, 0.1) is 5.92 Å². The van der Waals surface area contributed by atoms with E-state index in [4.69, 9.17) is 4.74 Å². The van der Waals surface area contributed by atoms with Crippen molar-refractivity contribution in [1.82, 2.24) is 5.32 Å². The SMILES string of the molecule is CCNC(c1cscc1Br)C1COC(C)C1. The minimum atomic E-state index is 0.406. The molecular weight excluding hydrogens is 286 g/mol. The number of nitrogens with one attached hydrogen (secondary N) is 1. The number of hydrogen-bond acceptors (Lipinski definition) is 3. The van der Waals surface area contributed by atoms with E-state index < -0.39 is 0 Å². The number of ether oxygens (including phenoxy) is 1. The van der Waals surface area contributed by atoms with Crippen LogP contribution >= 0.6 is 27.3 Å². The first-order chi connectivity index (χ1) is 7.72. The Morgan fingerprint density at radius 1 is 1.62 bits per heavy atom. The molecule has 2 nitrogen and oxygen atoms in total. The van der Waals surface area contributed by atoms with Gasteiger partial charge in [0.15, 0.2) is 0 Å². The number of hydrogen-bond donors (Lipinski definition) is 1. The third-order valence-electron chi connectivity index (χ3n) is 3.10. The van der Waals surface area contributed by atoms with Gasteiger partial charge in [-0.05, 0) is 46.8 Å². The van der Waals surface area contributed by atoms with Crippen molar-refractivity contribution < 1.29 is 4.74 Å². The van der Waals surface area contributed by atoms with E-state index in [1.807, 2.05) is 0 Å². The number of thiophene rings is 1. The zero-order chi connectivity index (χ0) is 11.5. The molecule has 90 valence electrons. The second-order valence-corrected chi connectivity index (χ2v) is 5.95. The van der Waals surface area contributed by atoms with Crippen molar-refractivity contribution in [2.24, 2.45) is 5.92 Å². The maximum absolute atomic E-state index is 5.68. The van der Waals surface area contributed by atoms with Gasteiger partial charge in [0.1, 0.15) is 0 Å². The zero-order valence-corrected chi connectivity index (χ0v) is 12.1. The predicted octanol–water partition coefficient (Wildman–Crippen LogP) is 3.59. The standard InChI is InChI=1S/C12H18BrNOS/c1-3-14-12(9-4-8(2)15-5-9)10-6-16-7-11(10)13/h6-9,12,14H,3-5H2,1-2H3. The van der Waals surface area contributed by atoms with Gasteiger partial charge in [0.25, 0.3) is 0 Å². The molecule has 1 aliphatic rings. The average Bonchev–Trinajstić information content (AvgIpc) is 2.84. The molecule has 0 aliphatic carbocycles. The summed E-state index contributed by atoms with van der Waals surface area (Å²) in [4.78, 5) is 0. The monoisotopic (exact) mass is 303 g/mol. The van der Waals surface area contributed by atoms with Gasteiger partial charge < -0.3 is 10.1 Å². The Morgan fingerprint density at radius 3 is 2.94 bits per heavy atom. The van der Waals surface area contributed by atoms with Crippen LogP contribution < -0.4 is 5.32 Å². The van der Waals surface area contributed by atoms with Crippen molar-refractivity contribution in [2.45, 2.75) is 32.4 Å². The second kappa shape index (κ2) is 5.63. The van der Waals surface area contributed by atoms with E-state index in [0.29, 0.717) is 18.1 Å². The van der Waals surface area contributed by atoms with Crippen LogP contribution in [0.25, 0.3) is 0 Å². The van der Waals surface area contributed by atoms with Crippen LogP contribution in [0.4, 0.5) is 0 Å². The first kappa shape index (κ1) is 12.6. The minimum absolute atomic E-state index is 0.406. The first-order valence-corrected chi connectivity index (χ1v) is 7.52. The van der Waals surface area contributed by atoms with Gasteiger partial charge in [-0.2, -0.15) is 11.3 Å². The van der Waals surface area contributed by atoms with E-state index in [1.54, 1.807) is 11.3 Å². The number of rotatable bonds is 4. The van der Waals surface area contributed by atoms with Crippen LogP contribution in [-0.2, 0) is 4.74 Å². The molecular formula is C12H18BrNOS. The summed E-state index contributed by atoms with van der Waals surface area (Å²) >= 11 is 5.38. The van der Waals surface area contributed by atoms with E-state index in [0.717, 1.165) is 19.6 Å². The summed E-state index contributed by atoms with van der Waals surface area (Å²) in [5, 5.41) is 7.97. The molecule has 0 spiro atoms. The van der Waals surface area contributed by atoms with Crippen LogP contribution in [0.1, 0.15) is 31.9 Å². The van der Waals surface area contributed by atoms with Gasteiger partial charge in [-0.25, -0.2) is 0 Å². The maximum Gasteiger partial charge on any atom is 0.0551 e. The molecule has 1 fully saturated rings. The van der Waals surface area contributed by atoms with Crippen LogP contribution in [-0.4, -0.2) is 19.3 Å². The van der Waals surface area contributed by atoms with Crippen molar-refractivity contribution >= 4 is 27.3 Å². The zero-order valence-electron chi connectivity index (χ0n) is 9.70. The quantitative estimate of drug-likeness (QED) is 0.918. The second-order valence-electron chi connectivity index (χ2n) is 4.35. The van der Waals surface area contributed by atoms with Gasteiger partial charge in [-0.15, -0.1) is 0 Å². The molecule has 1 saturated heterocycles. The Hall–Kier alpha value is 0.1000. The Bertz CT molecular complexity index is 342. The highest BCUT2D eigenvalue weighted by atomic mass is 79.9. The highest BCUT2D eigenvalue weighted by Crippen LogP contribution is 2.36. The smallest absolute Gasteiger partial charge is 0.0551 e. The first-order valence-electron chi connectivity index (χ1n) is 5.79. The summed E-state index contributed by atoms with van der Waals surface area (Å²) in [5.74, 6) is 0.598. The highest BCUT2D eigenvalue weighted by Gasteiger charge is 2.31. The van der Waals surface area contributed by atoms with Crippen molar-refractivity contribution in [2.75, 3.05) is 13.2 Å². The van der Waals surface area contributed by atoms with Crippen LogP contribution in [0.15, 0.2) is 15.2 Å². The minimum Gasteiger partial charge on any atom is -0.378 e. The fourth-order valence-electron chi connectivity index (χ4n) is 2.35. The van der Waals surface area contributed by atoms with Gasteiger partial charge in [0.05, 0.1) is 12.7 Å². The highest BCUT2D eigenvalue weighted by molar-refractivity contribution is 9.10. The summed E-state index contributed by atoms with van der Waals surface area (Å²) in [5.41, 5.74) is 1.38. The molecule has 1 aromatic heterocycles. The third kappa shape index (κ3) is 2.67. The molecule has 3 unspecified atom stereocenters. The van der Waals surface area contributed by atoms with E-state index in [1.165, 1.54) is 10.0 Å². The van der Waals surface area contributed by atoms with Crippen molar-refractivity contribution in [3.05, 3.63) is 20.8 Å². The predicted molar refractivity (Wildman–Crippen MR) is 72.0 cm³/mol. The van der Waals surface area contributed by atoms with Gasteiger partial charge in [-0.3, -0.25) is 0 Å². The molecule has 2 heterocycles. The molecule has 4 heteroatoms. The summed E-state index contributed by atoms with van der Waals surface area (Å²) in [6.45, 7) is 6.19. The lowest BCUT2D eigenvalue weighted by atomic mass is 9.92. The van der Waals surface area contributed by atoms with Crippen molar-refractivity contribution in [3.8, 4) is 0 Å². The summed E-state index contributed by atoms with van der Waals surface area (Å²) in [7, 11) is 0. The summed E-state index contributed by atoms with van der Waals surface area (Å²) in [6, 6.07) is 0.426. The molecule has 3 atom stereocenters. The van der Waals surface area contributed by atoms with Crippen LogP contribution in [0.3, 0.4) is 0 Å². The Labute approximate surface area is 110 Å². The van der Waals surface area contributed by atoms with Gasteiger partial charge in [0, 0.05) is 21.8 Å². The molecule has 2 rings (SSSR count). The van der Waals surface area contributed by atoms with Crippen molar-refractivity contribution in [3.63, 3.8) is 0 Å². The molecule has 1 aromatic rings. The summed E-state index contributed by atoms with van der Waals surface area (Å²) in [6.07, 6.45) is 1.56. The van der Waals surface area contributed by atoms with Crippen LogP contribution in [0.5, 0.6) is 0 Å². The lowest BCUT2D eigenvalue weighted by Crippen LogP contribution is -2.28. The molecule has 0 radical (unpaired) electrons. The largest absolute Gasteiger partial charge is 0.378 e. The Morgan fingerprint density at radius 2 is 2.44 bits per heavy atom. The Kier molecular flexibility index (Phi) is 4.41. The molecule has 1 aliphatic heterocycles. The fourth-order valence-corrected chi connectivity index (χ4v) is 3.93. The van der Waals surface area contributed by atoms with Gasteiger partial charge >= 0.3 is 0 Å². The van der Waals surface area contributed by atoms with Crippen LogP contribution in [0.2, 0.25) is 0 Å². The third-order valence-corrected chi connectivity index (χ3v) is 4.85. The van der Waals surface area contributed by atoms with Gasteiger partial charge in [-0.1, -0.05) is 6.92 Å². The van der Waals surface area contributed by atoms with E-state index >= 15 is 0 Å². The molecule has 0 saturated carbocycles. The molecule has 0 amide bonds. The molecule has 0 aromatic carbocycles.